The van der Waals surface area contributed by atoms with Crippen LogP contribution in [0.2, 0.25) is 0 Å². The predicted octanol–water partition coefficient (Wildman–Crippen LogP) is 2.12. The van der Waals surface area contributed by atoms with E-state index >= 15 is 0 Å². The van der Waals surface area contributed by atoms with Crippen molar-refractivity contribution in [3.05, 3.63) is 65.7 Å². The zero-order valence-electron chi connectivity index (χ0n) is 21.1. The Bertz CT molecular complexity index is 1020. The number of amides is 1. The fourth-order valence-electron chi connectivity index (χ4n) is 3.53. The maximum absolute atomic E-state index is 12.7. The van der Waals surface area contributed by atoms with Crippen molar-refractivity contribution in [2.24, 2.45) is 5.92 Å². The summed E-state index contributed by atoms with van der Waals surface area (Å²) in [5.74, 6) is -0.611. The molecule has 202 valence electrons. The van der Waals surface area contributed by atoms with Gasteiger partial charge in [0.1, 0.15) is 11.9 Å². The minimum absolute atomic E-state index is 0. The molecule has 0 heterocycles. The van der Waals surface area contributed by atoms with Crippen molar-refractivity contribution >= 4 is 28.2 Å². The minimum atomic E-state index is -3.58. The lowest BCUT2D eigenvalue weighted by Gasteiger charge is -2.26. The molecule has 0 aliphatic heterocycles. The smallest absolute Gasteiger partial charge is 0.250 e. The average molecular weight is 543 g/mol. The summed E-state index contributed by atoms with van der Waals surface area (Å²) in [5, 5.41) is 27.0. The lowest BCUT2D eigenvalue weighted by molar-refractivity contribution is -0.129. The molecule has 36 heavy (non-hydrogen) atoms. The third-order valence-corrected chi connectivity index (χ3v) is 7.31. The lowest BCUT2D eigenvalue weighted by Crippen LogP contribution is -2.52. The van der Waals surface area contributed by atoms with E-state index in [1.54, 1.807) is 7.11 Å². The number of carbonyl (C=O) groups excluding carboxylic acids is 1. The van der Waals surface area contributed by atoms with Crippen molar-refractivity contribution in [1.29, 1.82) is 0 Å². The highest BCUT2D eigenvalue weighted by Crippen LogP contribution is 2.13. The van der Waals surface area contributed by atoms with Gasteiger partial charge in [0.25, 0.3) is 0 Å². The van der Waals surface area contributed by atoms with E-state index in [-0.39, 0.29) is 30.6 Å². The van der Waals surface area contributed by atoms with E-state index in [4.69, 9.17) is 4.74 Å². The topological polar surface area (TPSA) is 125 Å². The number of hydrogen-bond donors (Lipinski definition) is 4. The van der Waals surface area contributed by atoms with Gasteiger partial charge in [-0.3, -0.25) is 4.79 Å². The number of aliphatic hydroxyl groups excluding tert-OH is 2. The summed E-state index contributed by atoms with van der Waals surface area (Å²) in [6.45, 7) is 4.49. The molecule has 1 amide bonds. The lowest BCUT2D eigenvalue weighted by atomic mass is 10.0. The van der Waals surface area contributed by atoms with Crippen molar-refractivity contribution in [1.82, 2.24) is 10.6 Å². The van der Waals surface area contributed by atoms with Crippen molar-refractivity contribution < 1.29 is 28.2 Å². The largest absolute Gasteiger partial charge is 0.497 e. The highest BCUT2D eigenvalue weighted by atomic mass is 35.5. The number of hydrogen-bond acceptors (Lipinski definition) is 7. The van der Waals surface area contributed by atoms with Gasteiger partial charge in [-0.05, 0) is 42.0 Å². The third kappa shape index (κ3) is 11.7. The second-order valence-electron chi connectivity index (χ2n) is 9.17. The number of sulfone groups is 1. The van der Waals surface area contributed by atoms with Gasteiger partial charge in [0.2, 0.25) is 5.91 Å². The van der Waals surface area contributed by atoms with Gasteiger partial charge < -0.3 is 25.6 Å². The normalized spacial score (nSPS) is 13.9. The molecule has 0 saturated carbocycles. The molecule has 2 aromatic rings. The number of carbonyl (C=O) groups is 1. The standard InChI is InChI=1S/C26H38N2O6S.ClH/c1-19(2)12-13-35(32,33)18-25(30)26(31)28-23(15-20-8-5-4-6-9-20)24(29)17-27-16-21-10-7-11-22(14-21)34-3;/h4-11,14,19,23-25,27,29-30H,12-13,15-18H2,1-3H3,(H,28,31);1H. The first-order valence-electron chi connectivity index (χ1n) is 11.8. The monoisotopic (exact) mass is 542 g/mol. The molecule has 2 rings (SSSR count). The van der Waals surface area contributed by atoms with Crippen LogP contribution in [-0.2, 0) is 27.6 Å². The predicted molar refractivity (Wildman–Crippen MR) is 144 cm³/mol. The molecule has 0 bridgehead atoms. The first-order chi connectivity index (χ1) is 16.6. The fourth-order valence-corrected chi connectivity index (χ4v) is 5.16. The van der Waals surface area contributed by atoms with Crippen LogP contribution >= 0.6 is 12.4 Å². The van der Waals surface area contributed by atoms with Crippen molar-refractivity contribution in [2.75, 3.05) is 25.2 Å². The molecule has 0 fully saturated rings. The molecular weight excluding hydrogens is 504 g/mol. The van der Waals surface area contributed by atoms with E-state index in [2.05, 4.69) is 10.6 Å². The zero-order chi connectivity index (χ0) is 25.8. The van der Waals surface area contributed by atoms with Gasteiger partial charge >= 0.3 is 0 Å². The summed E-state index contributed by atoms with van der Waals surface area (Å²) < 4.78 is 29.8. The van der Waals surface area contributed by atoms with Crippen LogP contribution in [0, 0.1) is 5.92 Å². The Hall–Kier alpha value is -2.17. The molecule has 2 aromatic carbocycles. The van der Waals surface area contributed by atoms with Gasteiger partial charge in [0.05, 0.1) is 30.8 Å². The molecule has 0 radical (unpaired) electrons. The number of nitrogens with one attached hydrogen (secondary N) is 2. The summed E-state index contributed by atoms with van der Waals surface area (Å²) in [6, 6.07) is 16.2. The highest BCUT2D eigenvalue weighted by molar-refractivity contribution is 7.91. The molecule has 3 atom stereocenters. The quantitative estimate of drug-likeness (QED) is 0.272. The van der Waals surface area contributed by atoms with Crippen LogP contribution in [-0.4, -0.2) is 67.9 Å². The van der Waals surface area contributed by atoms with Gasteiger partial charge in [-0.25, -0.2) is 8.42 Å². The second kappa shape index (κ2) is 15.8. The van der Waals surface area contributed by atoms with Crippen LogP contribution in [0.3, 0.4) is 0 Å². The Morgan fingerprint density at radius 2 is 1.69 bits per heavy atom. The first-order valence-corrected chi connectivity index (χ1v) is 13.7. The molecule has 0 aromatic heterocycles. The van der Waals surface area contributed by atoms with E-state index in [1.807, 2.05) is 68.4 Å². The Balaban J connectivity index is 0.00000648. The van der Waals surface area contributed by atoms with Gasteiger partial charge in [-0.1, -0.05) is 56.3 Å². The van der Waals surface area contributed by atoms with Gasteiger partial charge in [0.15, 0.2) is 9.84 Å². The summed E-state index contributed by atoms with van der Waals surface area (Å²) in [4.78, 5) is 12.7. The second-order valence-corrected chi connectivity index (χ2v) is 11.4. The van der Waals surface area contributed by atoms with Gasteiger partial charge in [-0.15, -0.1) is 12.4 Å². The van der Waals surface area contributed by atoms with Crippen molar-refractivity contribution in [2.45, 2.75) is 51.5 Å². The number of benzene rings is 2. The molecule has 0 aliphatic rings. The van der Waals surface area contributed by atoms with Gasteiger partial charge in [-0.2, -0.15) is 0 Å². The maximum atomic E-state index is 12.7. The van der Waals surface area contributed by atoms with Crippen LogP contribution in [0.1, 0.15) is 31.4 Å². The molecule has 10 heteroatoms. The number of rotatable bonds is 15. The van der Waals surface area contributed by atoms with E-state index in [1.165, 1.54) is 0 Å². The molecule has 4 N–H and O–H groups in total. The maximum Gasteiger partial charge on any atom is 0.250 e. The van der Waals surface area contributed by atoms with Crippen molar-refractivity contribution in [3.63, 3.8) is 0 Å². The molecular formula is C26H39ClN2O6S. The summed E-state index contributed by atoms with van der Waals surface area (Å²) in [5.41, 5.74) is 1.87. The molecule has 8 nitrogen and oxygen atoms in total. The Labute approximate surface area is 220 Å². The fraction of sp³-hybridized carbons (Fsp3) is 0.500. The van der Waals surface area contributed by atoms with Crippen molar-refractivity contribution in [3.8, 4) is 5.75 Å². The molecule has 0 aliphatic carbocycles. The SMILES string of the molecule is COc1cccc(CNCC(O)C(Cc2ccccc2)NC(=O)C(O)CS(=O)(=O)CCC(C)C)c1.Cl. The first kappa shape index (κ1) is 31.9. The molecule has 3 unspecified atom stereocenters. The number of methoxy groups -OCH3 is 1. The van der Waals surface area contributed by atoms with E-state index < -0.39 is 39.7 Å². The van der Waals surface area contributed by atoms with Crippen LogP contribution in [0.25, 0.3) is 0 Å². The van der Waals surface area contributed by atoms with Crippen LogP contribution in [0.15, 0.2) is 54.6 Å². The van der Waals surface area contributed by atoms with Crippen LogP contribution < -0.4 is 15.4 Å². The summed E-state index contributed by atoms with van der Waals surface area (Å²) >= 11 is 0. The summed E-state index contributed by atoms with van der Waals surface area (Å²) in [6.07, 6.45) is -1.90. The third-order valence-electron chi connectivity index (χ3n) is 5.63. The van der Waals surface area contributed by atoms with Crippen LogP contribution in [0.5, 0.6) is 5.75 Å². The van der Waals surface area contributed by atoms with E-state index in [9.17, 15) is 23.4 Å². The number of aliphatic hydroxyl groups is 2. The molecule has 0 spiro atoms. The van der Waals surface area contributed by atoms with Crippen LogP contribution in [0.4, 0.5) is 0 Å². The summed E-state index contributed by atoms with van der Waals surface area (Å²) in [7, 11) is -1.99. The Morgan fingerprint density at radius 3 is 2.33 bits per heavy atom. The average Bonchev–Trinajstić information content (AvgIpc) is 2.82. The zero-order valence-corrected chi connectivity index (χ0v) is 22.7. The Kier molecular flexibility index (Phi) is 14.0. The van der Waals surface area contributed by atoms with E-state index in [0.29, 0.717) is 19.4 Å². The number of ether oxygens (including phenoxy) is 1. The molecule has 0 saturated heterocycles. The highest BCUT2D eigenvalue weighted by Gasteiger charge is 2.28. The van der Waals surface area contributed by atoms with Gasteiger partial charge in [0, 0.05) is 13.1 Å². The van der Waals surface area contributed by atoms with E-state index in [0.717, 1.165) is 16.9 Å². The minimum Gasteiger partial charge on any atom is -0.497 e. The number of halogens is 1. The Morgan fingerprint density at radius 1 is 1.03 bits per heavy atom.